The minimum atomic E-state index is -0.143. The number of benzene rings is 3. The summed E-state index contributed by atoms with van der Waals surface area (Å²) in [7, 11) is 1.64. The van der Waals surface area contributed by atoms with Crippen molar-refractivity contribution >= 4 is 35.0 Å². The van der Waals surface area contributed by atoms with Crippen molar-refractivity contribution in [2.45, 2.75) is 4.90 Å². The molecular formula is C23H21NO2S. The normalized spacial score (nSPS) is 11.1. The zero-order valence-electron chi connectivity index (χ0n) is 15.3. The van der Waals surface area contributed by atoms with E-state index in [9.17, 15) is 4.79 Å². The second-order valence-corrected chi connectivity index (χ2v) is 6.76. The highest BCUT2D eigenvalue weighted by molar-refractivity contribution is 7.98. The molecule has 3 aromatic rings. The number of ether oxygens (including phenoxy) is 1. The Morgan fingerprint density at radius 1 is 0.963 bits per heavy atom. The minimum Gasteiger partial charge on any atom is -0.497 e. The molecule has 0 fully saturated rings. The molecule has 0 saturated carbocycles. The molecule has 0 aliphatic rings. The number of carbonyl (C=O) groups excluding carboxylic acids is 1. The predicted molar refractivity (Wildman–Crippen MR) is 114 cm³/mol. The Morgan fingerprint density at radius 3 is 2.37 bits per heavy atom. The molecule has 0 heterocycles. The van der Waals surface area contributed by atoms with Gasteiger partial charge in [-0.2, -0.15) is 0 Å². The molecule has 0 radical (unpaired) electrons. The van der Waals surface area contributed by atoms with Crippen LogP contribution in [0.5, 0.6) is 5.75 Å². The molecule has 3 aromatic carbocycles. The molecule has 4 heteroatoms. The Bertz CT molecular complexity index is 934. The zero-order valence-corrected chi connectivity index (χ0v) is 16.1. The van der Waals surface area contributed by atoms with Crippen molar-refractivity contribution in [3.63, 3.8) is 0 Å². The largest absolute Gasteiger partial charge is 0.497 e. The van der Waals surface area contributed by atoms with E-state index in [1.807, 2.05) is 91.2 Å². The van der Waals surface area contributed by atoms with E-state index in [4.69, 9.17) is 4.74 Å². The Kier molecular flexibility index (Phi) is 6.34. The van der Waals surface area contributed by atoms with Crippen LogP contribution in [0.3, 0.4) is 0 Å². The fourth-order valence-corrected chi connectivity index (χ4v) is 3.12. The summed E-state index contributed by atoms with van der Waals surface area (Å²) in [6.07, 6.45) is 3.91. The van der Waals surface area contributed by atoms with Crippen molar-refractivity contribution in [2.24, 2.45) is 0 Å². The predicted octanol–water partition coefficient (Wildman–Crippen LogP) is 5.60. The summed E-state index contributed by atoms with van der Waals surface area (Å²) >= 11 is 1.64. The van der Waals surface area contributed by atoms with Gasteiger partial charge in [-0.3, -0.25) is 4.79 Å². The van der Waals surface area contributed by atoms with Gasteiger partial charge in [0.15, 0.2) is 0 Å². The van der Waals surface area contributed by atoms with E-state index in [0.717, 1.165) is 27.5 Å². The number of nitrogens with one attached hydrogen (secondary N) is 1. The first-order valence-electron chi connectivity index (χ1n) is 8.56. The first kappa shape index (κ1) is 18.8. The third-order valence-electron chi connectivity index (χ3n) is 4.08. The summed E-state index contributed by atoms with van der Waals surface area (Å²) in [5.74, 6) is 0.641. The van der Waals surface area contributed by atoms with Crippen molar-refractivity contribution in [1.29, 1.82) is 0 Å². The van der Waals surface area contributed by atoms with E-state index in [1.54, 1.807) is 18.9 Å². The number of methoxy groups -OCH3 is 1. The zero-order chi connectivity index (χ0) is 19.1. The van der Waals surface area contributed by atoms with Gasteiger partial charge in [-0.15, -0.1) is 11.8 Å². The Morgan fingerprint density at radius 2 is 1.70 bits per heavy atom. The summed E-state index contributed by atoms with van der Waals surface area (Å²) in [5, 5.41) is 3.01. The van der Waals surface area contributed by atoms with Crippen molar-refractivity contribution in [2.75, 3.05) is 18.7 Å². The number of rotatable bonds is 6. The summed E-state index contributed by atoms with van der Waals surface area (Å²) < 4.78 is 5.21. The minimum absolute atomic E-state index is 0.143. The fraction of sp³-hybridized carbons (Fsp3) is 0.0870. The van der Waals surface area contributed by atoms with E-state index >= 15 is 0 Å². The molecule has 0 bridgehead atoms. The SMILES string of the molecule is COc1ccc(/C=C(\C(=O)Nc2cccc(SC)c2)c2ccccc2)cc1. The second kappa shape index (κ2) is 9.10. The maximum atomic E-state index is 13.0. The van der Waals surface area contributed by atoms with Gasteiger partial charge in [0.1, 0.15) is 5.75 Å². The molecule has 3 nitrogen and oxygen atoms in total. The topological polar surface area (TPSA) is 38.3 Å². The van der Waals surface area contributed by atoms with Crippen LogP contribution in [0.15, 0.2) is 83.8 Å². The van der Waals surface area contributed by atoms with Gasteiger partial charge >= 0.3 is 0 Å². The van der Waals surface area contributed by atoms with E-state index < -0.39 is 0 Å². The monoisotopic (exact) mass is 375 g/mol. The van der Waals surface area contributed by atoms with E-state index in [2.05, 4.69) is 5.32 Å². The van der Waals surface area contributed by atoms with Crippen LogP contribution < -0.4 is 10.1 Å². The van der Waals surface area contributed by atoms with Gasteiger partial charge in [0, 0.05) is 16.2 Å². The highest BCUT2D eigenvalue weighted by Gasteiger charge is 2.13. The summed E-state index contributed by atoms with van der Waals surface area (Å²) in [6, 6.07) is 25.1. The molecule has 0 aliphatic carbocycles. The summed E-state index contributed by atoms with van der Waals surface area (Å²) in [5.41, 5.74) is 3.19. The maximum Gasteiger partial charge on any atom is 0.256 e. The van der Waals surface area contributed by atoms with Gasteiger partial charge < -0.3 is 10.1 Å². The standard InChI is InChI=1S/C23H21NO2S/c1-26-20-13-11-17(12-14-20)15-22(18-7-4-3-5-8-18)23(25)24-19-9-6-10-21(16-19)27-2/h3-16H,1-2H3,(H,24,25)/b22-15-. The Labute approximate surface area is 164 Å². The molecular weight excluding hydrogens is 354 g/mol. The number of carbonyl (C=O) groups is 1. The number of thioether (sulfide) groups is 1. The van der Waals surface area contributed by atoms with Crippen molar-refractivity contribution in [3.05, 3.63) is 90.0 Å². The molecule has 1 amide bonds. The maximum absolute atomic E-state index is 13.0. The van der Waals surface area contributed by atoms with E-state index in [-0.39, 0.29) is 5.91 Å². The van der Waals surface area contributed by atoms with Crippen LogP contribution in [-0.4, -0.2) is 19.3 Å². The molecule has 27 heavy (non-hydrogen) atoms. The highest BCUT2D eigenvalue weighted by atomic mass is 32.2. The van der Waals surface area contributed by atoms with E-state index in [1.165, 1.54) is 0 Å². The first-order valence-corrected chi connectivity index (χ1v) is 9.78. The molecule has 3 rings (SSSR count). The lowest BCUT2D eigenvalue weighted by atomic mass is 10.0. The summed E-state index contributed by atoms with van der Waals surface area (Å²) in [4.78, 5) is 14.1. The lowest BCUT2D eigenvalue weighted by Gasteiger charge is -2.11. The van der Waals surface area contributed by atoms with Crippen LogP contribution in [0.1, 0.15) is 11.1 Å². The second-order valence-electron chi connectivity index (χ2n) is 5.88. The summed E-state index contributed by atoms with van der Waals surface area (Å²) in [6.45, 7) is 0. The van der Waals surface area contributed by atoms with Gasteiger partial charge in [-0.25, -0.2) is 0 Å². The molecule has 0 saturated heterocycles. The lowest BCUT2D eigenvalue weighted by Crippen LogP contribution is -2.13. The Balaban J connectivity index is 1.93. The number of hydrogen-bond donors (Lipinski definition) is 1. The molecule has 0 aromatic heterocycles. The van der Waals surface area contributed by atoms with Crippen LogP contribution in [0.25, 0.3) is 11.6 Å². The molecule has 0 unspecified atom stereocenters. The van der Waals surface area contributed by atoms with Gasteiger partial charge in [0.05, 0.1) is 7.11 Å². The van der Waals surface area contributed by atoms with Crippen molar-refractivity contribution < 1.29 is 9.53 Å². The quantitative estimate of drug-likeness (QED) is 0.346. The van der Waals surface area contributed by atoms with Crippen molar-refractivity contribution in [3.8, 4) is 5.75 Å². The molecule has 0 spiro atoms. The number of hydrogen-bond acceptors (Lipinski definition) is 3. The third kappa shape index (κ3) is 5.02. The van der Waals surface area contributed by atoms with Gasteiger partial charge in [-0.1, -0.05) is 48.5 Å². The van der Waals surface area contributed by atoms with E-state index in [0.29, 0.717) is 5.57 Å². The number of amides is 1. The molecule has 0 aliphatic heterocycles. The Hall–Kier alpha value is -2.98. The molecule has 136 valence electrons. The lowest BCUT2D eigenvalue weighted by molar-refractivity contribution is -0.111. The highest BCUT2D eigenvalue weighted by Crippen LogP contribution is 2.24. The van der Waals surface area contributed by atoms with Crippen LogP contribution in [-0.2, 0) is 4.79 Å². The number of anilines is 1. The third-order valence-corrected chi connectivity index (χ3v) is 4.81. The molecule has 1 N–H and O–H groups in total. The molecule has 0 atom stereocenters. The average Bonchev–Trinajstić information content (AvgIpc) is 2.73. The van der Waals surface area contributed by atoms with Gasteiger partial charge in [0.25, 0.3) is 5.91 Å². The van der Waals surface area contributed by atoms with Crippen LogP contribution in [0.2, 0.25) is 0 Å². The smallest absolute Gasteiger partial charge is 0.256 e. The fourth-order valence-electron chi connectivity index (χ4n) is 2.66. The first-order chi connectivity index (χ1) is 13.2. The van der Waals surface area contributed by atoms with Crippen molar-refractivity contribution in [1.82, 2.24) is 0 Å². The van der Waals surface area contributed by atoms with Crippen LogP contribution in [0, 0.1) is 0 Å². The van der Waals surface area contributed by atoms with Crippen LogP contribution in [0.4, 0.5) is 5.69 Å². The van der Waals surface area contributed by atoms with Gasteiger partial charge in [-0.05, 0) is 53.8 Å². The average molecular weight is 375 g/mol. The van der Waals surface area contributed by atoms with Gasteiger partial charge in [0.2, 0.25) is 0 Å². The van der Waals surface area contributed by atoms with Crippen LogP contribution >= 0.6 is 11.8 Å².